The van der Waals surface area contributed by atoms with Crippen molar-refractivity contribution in [2.45, 2.75) is 58.7 Å². The van der Waals surface area contributed by atoms with E-state index in [1.807, 2.05) is 6.92 Å². The molecule has 0 aromatic rings. The Labute approximate surface area is 101 Å². The zero-order valence-corrected chi connectivity index (χ0v) is 10.9. The van der Waals surface area contributed by atoms with Crippen LogP contribution in [0.15, 0.2) is 23.3 Å². The molecule has 0 radical (unpaired) electrons. The minimum Gasteiger partial charge on any atom is -0.386 e. The molecule has 0 fully saturated rings. The van der Waals surface area contributed by atoms with E-state index >= 15 is 0 Å². The van der Waals surface area contributed by atoms with E-state index in [4.69, 9.17) is 0 Å². The van der Waals surface area contributed by atoms with Gasteiger partial charge in [-0.3, -0.25) is 0 Å². The van der Waals surface area contributed by atoms with E-state index in [0.717, 1.165) is 12.5 Å². The van der Waals surface area contributed by atoms with Gasteiger partial charge in [-0.2, -0.15) is 13.2 Å². The molecule has 100 valence electrons. The molecule has 0 saturated heterocycles. The lowest BCUT2D eigenvalue weighted by Crippen LogP contribution is -2.29. The zero-order valence-electron chi connectivity index (χ0n) is 10.9. The first kappa shape index (κ1) is 16.2. The Morgan fingerprint density at radius 1 is 1.29 bits per heavy atom. The van der Waals surface area contributed by atoms with Crippen LogP contribution in [0, 0.1) is 0 Å². The summed E-state index contributed by atoms with van der Waals surface area (Å²) in [6.45, 7) is 6.25. The second-order valence-electron chi connectivity index (χ2n) is 4.41. The smallest absolute Gasteiger partial charge is 0.386 e. The Morgan fingerprint density at radius 3 is 2.18 bits per heavy atom. The van der Waals surface area contributed by atoms with Crippen LogP contribution in [0.4, 0.5) is 13.2 Å². The summed E-state index contributed by atoms with van der Waals surface area (Å²) >= 11 is 0. The summed E-state index contributed by atoms with van der Waals surface area (Å²) in [4.78, 5) is 0. The second kappa shape index (κ2) is 6.24. The number of hydrogen-bond donors (Lipinski definition) is 1. The summed E-state index contributed by atoms with van der Waals surface area (Å²) in [5.41, 5.74) is -2.17. The van der Waals surface area contributed by atoms with Gasteiger partial charge in [0, 0.05) is 0 Å². The highest BCUT2D eigenvalue weighted by Crippen LogP contribution is 2.35. The van der Waals surface area contributed by atoms with Crippen LogP contribution >= 0.6 is 0 Å². The molecule has 1 atom stereocenters. The van der Waals surface area contributed by atoms with Gasteiger partial charge < -0.3 is 5.11 Å². The van der Waals surface area contributed by atoms with E-state index in [-0.39, 0.29) is 5.57 Å². The Morgan fingerprint density at radius 2 is 1.82 bits per heavy atom. The maximum atomic E-state index is 12.8. The number of alkyl halides is 3. The molecule has 0 rings (SSSR count). The van der Waals surface area contributed by atoms with Crippen LogP contribution in [0.3, 0.4) is 0 Å². The SMILES string of the molecule is C/C=C\C(=C(/C)C(C)(O)CCCC)C(F)(F)F. The zero-order chi connectivity index (χ0) is 13.7. The van der Waals surface area contributed by atoms with Crippen molar-refractivity contribution in [2.24, 2.45) is 0 Å². The monoisotopic (exact) mass is 250 g/mol. The van der Waals surface area contributed by atoms with Crippen LogP contribution in [0.2, 0.25) is 0 Å². The molecule has 0 saturated carbocycles. The van der Waals surface area contributed by atoms with Gasteiger partial charge in [-0.25, -0.2) is 0 Å². The van der Waals surface area contributed by atoms with Gasteiger partial charge in [0.1, 0.15) is 0 Å². The third-order valence-electron chi connectivity index (χ3n) is 2.87. The molecular weight excluding hydrogens is 229 g/mol. The maximum absolute atomic E-state index is 12.8. The average Bonchev–Trinajstić information content (AvgIpc) is 2.20. The molecule has 4 heteroatoms. The molecule has 1 N–H and O–H groups in total. The van der Waals surface area contributed by atoms with Gasteiger partial charge >= 0.3 is 6.18 Å². The molecule has 0 aliphatic rings. The Bertz CT molecular complexity index is 298. The first-order valence-corrected chi connectivity index (χ1v) is 5.80. The molecule has 0 spiro atoms. The van der Waals surface area contributed by atoms with Crippen molar-refractivity contribution < 1.29 is 18.3 Å². The molecule has 1 unspecified atom stereocenters. The molecule has 0 aromatic heterocycles. The van der Waals surface area contributed by atoms with Crippen molar-refractivity contribution >= 4 is 0 Å². The molecule has 1 nitrogen and oxygen atoms in total. The summed E-state index contributed by atoms with van der Waals surface area (Å²) in [5.74, 6) is 0. The van der Waals surface area contributed by atoms with Crippen LogP contribution in [0.25, 0.3) is 0 Å². The van der Waals surface area contributed by atoms with Crippen LogP contribution in [-0.4, -0.2) is 16.9 Å². The van der Waals surface area contributed by atoms with E-state index in [1.54, 1.807) is 0 Å². The van der Waals surface area contributed by atoms with E-state index in [9.17, 15) is 18.3 Å². The summed E-state index contributed by atoms with van der Waals surface area (Å²) in [7, 11) is 0. The first-order valence-electron chi connectivity index (χ1n) is 5.80. The minimum atomic E-state index is -4.42. The summed E-state index contributed by atoms with van der Waals surface area (Å²) in [6, 6.07) is 0. The molecule has 0 amide bonds. The highest BCUT2D eigenvalue weighted by atomic mass is 19.4. The molecule has 0 aromatic carbocycles. The lowest BCUT2D eigenvalue weighted by atomic mass is 9.87. The molecule has 0 aliphatic heterocycles. The van der Waals surface area contributed by atoms with Gasteiger partial charge in [0.05, 0.1) is 11.2 Å². The van der Waals surface area contributed by atoms with Crippen molar-refractivity contribution in [3.63, 3.8) is 0 Å². The van der Waals surface area contributed by atoms with Crippen LogP contribution in [0.1, 0.15) is 47.0 Å². The molecule has 0 bridgehead atoms. The second-order valence-corrected chi connectivity index (χ2v) is 4.41. The number of aliphatic hydroxyl groups is 1. The van der Waals surface area contributed by atoms with Crippen molar-refractivity contribution in [3.05, 3.63) is 23.3 Å². The predicted molar refractivity (Wildman–Crippen MR) is 63.7 cm³/mol. The normalized spacial score (nSPS) is 18.1. The number of hydrogen-bond acceptors (Lipinski definition) is 1. The van der Waals surface area contributed by atoms with Crippen LogP contribution in [-0.2, 0) is 0 Å². The van der Waals surface area contributed by atoms with E-state index in [1.165, 1.54) is 26.8 Å². The maximum Gasteiger partial charge on any atom is 0.416 e. The standard InChI is InChI=1S/C13H21F3O/c1-5-7-9-12(4,17)10(3)11(8-6-2)13(14,15)16/h6,8,17H,5,7,9H2,1-4H3/b8-6-,11-10-. The summed E-state index contributed by atoms with van der Waals surface area (Å²) in [6.07, 6.45) is -0.197. The third kappa shape index (κ3) is 4.94. The molecule has 17 heavy (non-hydrogen) atoms. The Hall–Kier alpha value is -0.770. The highest BCUT2D eigenvalue weighted by Gasteiger charge is 2.37. The van der Waals surface area contributed by atoms with E-state index in [2.05, 4.69) is 0 Å². The topological polar surface area (TPSA) is 20.2 Å². The minimum absolute atomic E-state index is 0.0171. The molecular formula is C13H21F3O. The van der Waals surface area contributed by atoms with E-state index < -0.39 is 17.4 Å². The lowest BCUT2D eigenvalue weighted by molar-refractivity contribution is -0.0911. The number of rotatable bonds is 5. The van der Waals surface area contributed by atoms with E-state index in [0.29, 0.717) is 12.8 Å². The Balaban J connectivity index is 5.33. The average molecular weight is 250 g/mol. The number of allylic oxidation sites excluding steroid dienone is 3. The number of halogens is 3. The fourth-order valence-corrected chi connectivity index (χ4v) is 1.60. The van der Waals surface area contributed by atoms with Crippen molar-refractivity contribution in [3.8, 4) is 0 Å². The van der Waals surface area contributed by atoms with Crippen molar-refractivity contribution in [1.29, 1.82) is 0 Å². The van der Waals surface area contributed by atoms with Gasteiger partial charge in [0.15, 0.2) is 0 Å². The predicted octanol–water partition coefficient (Wildman–Crippen LogP) is 4.38. The fourth-order valence-electron chi connectivity index (χ4n) is 1.60. The Kier molecular flexibility index (Phi) is 5.96. The van der Waals surface area contributed by atoms with Gasteiger partial charge in [-0.15, -0.1) is 0 Å². The van der Waals surface area contributed by atoms with Crippen molar-refractivity contribution in [1.82, 2.24) is 0 Å². The van der Waals surface area contributed by atoms with Crippen LogP contribution in [0.5, 0.6) is 0 Å². The largest absolute Gasteiger partial charge is 0.416 e. The summed E-state index contributed by atoms with van der Waals surface area (Å²) < 4.78 is 38.4. The lowest BCUT2D eigenvalue weighted by Gasteiger charge is -2.27. The summed E-state index contributed by atoms with van der Waals surface area (Å²) in [5, 5.41) is 10.1. The third-order valence-corrected chi connectivity index (χ3v) is 2.87. The first-order chi connectivity index (χ1) is 7.66. The van der Waals surface area contributed by atoms with Crippen LogP contribution < -0.4 is 0 Å². The molecule has 0 aliphatic carbocycles. The van der Waals surface area contributed by atoms with Crippen molar-refractivity contribution in [2.75, 3.05) is 0 Å². The quantitative estimate of drug-likeness (QED) is 0.718. The van der Waals surface area contributed by atoms with Gasteiger partial charge in [0.25, 0.3) is 0 Å². The fraction of sp³-hybridized carbons (Fsp3) is 0.692. The highest BCUT2D eigenvalue weighted by molar-refractivity contribution is 5.33. The number of unbranched alkanes of at least 4 members (excludes halogenated alkanes) is 1. The van der Waals surface area contributed by atoms with Gasteiger partial charge in [-0.1, -0.05) is 31.9 Å². The molecule has 0 heterocycles. The van der Waals surface area contributed by atoms with Gasteiger partial charge in [0.2, 0.25) is 0 Å². The van der Waals surface area contributed by atoms with Gasteiger partial charge in [-0.05, 0) is 32.8 Å².